The number of rotatable bonds is 0. The molecule has 2 aromatic carbocycles. The summed E-state index contributed by atoms with van der Waals surface area (Å²) in [7, 11) is 0. The van der Waals surface area contributed by atoms with Crippen LogP contribution in [-0.2, 0) is 25.7 Å². The molecule has 0 radical (unpaired) electrons. The Hall–Kier alpha value is 0.213. The predicted octanol–water partition coefficient (Wildman–Crippen LogP) is -0.447. The van der Waals surface area contributed by atoms with Crippen molar-refractivity contribution < 1.29 is 48.0 Å². The van der Waals surface area contributed by atoms with Crippen LogP contribution >= 0.6 is 27.7 Å². The molecule has 0 saturated carbocycles. The van der Waals surface area contributed by atoms with Gasteiger partial charge in [0.2, 0.25) is 0 Å². The van der Waals surface area contributed by atoms with E-state index in [4.69, 9.17) is 0 Å². The van der Waals surface area contributed by atoms with Gasteiger partial charge in [0.05, 0.1) is 0 Å². The maximum Gasteiger partial charge on any atom is -1.00 e. The molecule has 2 aliphatic carbocycles. The van der Waals surface area contributed by atoms with Gasteiger partial charge in [0, 0.05) is 0 Å². The van der Waals surface area contributed by atoms with E-state index >= 15 is 0 Å². The summed E-state index contributed by atoms with van der Waals surface area (Å²) in [5.74, 6) is 0. The van der Waals surface area contributed by atoms with Crippen molar-refractivity contribution in [3.8, 4) is 0 Å². The molecule has 2 unspecified atom stereocenters. The Kier molecular flexibility index (Phi) is 5.09. The molecule has 3 aliphatic rings. The maximum atomic E-state index is 3.85. The third-order valence-corrected chi connectivity index (χ3v) is 13.3. The minimum absolute atomic E-state index is 0. The fourth-order valence-electron chi connectivity index (χ4n) is 3.48. The molecular formula is C18H11BrCl2SZr. The normalized spacial score (nSPS) is 24.6. The molecule has 0 nitrogen and oxygen atoms in total. The van der Waals surface area contributed by atoms with Gasteiger partial charge in [-0.1, -0.05) is 0 Å². The first-order valence-electron chi connectivity index (χ1n) is 7.02. The van der Waals surface area contributed by atoms with Gasteiger partial charge in [-0.2, -0.15) is 0 Å². The van der Waals surface area contributed by atoms with E-state index in [0.717, 1.165) is 0 Å². The summed E-state index contributed by atoms with van der Waals surface area (Å²) in [5, 5.41) is 0. The summed E-state index contributed by atoms with van der Waals surface area (Å²) in [6.07, 6.45) is 7.19. The summed E-state index contributed by atoms with van der Waals surface area (Å²) in [6.45, 7) is 0. The largest absolute Gasteiger partial charge is 1.00 e. The molecule has 114 valence electrons. The minimum atomic E-state index is -0.738. The minimum Gasteiger partial charge on any atom is -1.00 e. The van der Waals surface area contributed by atoms with Crippen LogP contribution in [0.15, 0.2) is 57.9 Å². The number of halogens is 3. The summed E-state index contributed by atoms with van der Waals surface area (Å²) in [5.41, 5.74) is 5.99. The molecule has 1 aliphatic heterocycles. The topological polar surface area (TPSA) is 0 Å². The van der Waals surface area contributed by atoms with Gasteiger partial charge in [-0.05, 0) is 0 Å². The molecule has 2 aromatic rings. The zero-order valence-electron chi connectivity index (χ0n) is 11.9. The molecular weight excluding hydrogens is 490 g/mol. The Morgan fingerprint density at radius 1 is 1.04 bits per heavy atom. The fraction of sp³-hybridized carbons (Fsp3) is 0.111. The average Bonchev–Trinajstić information content (AvgIpc) is 2.99. The van der Waals surface area contributed by atoms with Crippen LogP contribution in [0.1, 0.15) is 25.9 Å². The van der Waals surface area contributed by atoms with Crippen LogP contribution in [0.4, 0.5) is 0 Å². The predicted molar refractivity (Wildman–Crippen MR) is 89.1 cm³/mol. The van der Waals surface area contributed by atoms with Gasteiger partial charge in [0.25, 0.3) is 0 Å². The quantitative estimate of drug-likeness (QED) is 0.472. The van der Waals surface area contributed by atoms with Crippen molar-refractivity contribution >= 4 is 39.8 Å². The molecule has 23 heavy (non-hydrogen) atoms. The second kappa shape index (κ2) is 6.50. The molecule has 5 heteroatoms. The third-order valence-electron chi connectivity index (χ3n) is 4.46. The van der Waals surface area contributed by atoms with Crippen LogP contribution in [-0.4, -0.2) is 0 Å². The van der Waals surface area contributed by atoms with Crippen LogP contribution in [0, 0.1) is 0 Å². The first-order valence-corrected chi connectivity index (χ1v) is 11.3. The molecule has 0 amide bonds. The van der Waals surface area contributed by atoms with Gasteiger partial charge in [0.15, 0.2) is 0 Å². The van der Waals surface area contributed by atoms with E-state index in [1.807, 2.05) is 0 Å². The average molecular weight is 501 g/mol. The smallest absolute Gasteiger partial charge is 1.00 e. The number of allylic oxidation sites excluding steroid dienone is 1. The maximum absolute atomic E-state index is 3.85. The van der Waals surface area contributed by atoms with Crippen molar-refractivity contribution in [3.05, 3.63) is 75.3 Å². The van der Waals surface area contributed by atoms with E-state index < -0.39 is 23.2 Å². The van der Waals surface area contributed by atoms with Crippen LogP contribution < -0.4 is 24.8 Å². The number of hydrogen-bond donors (Lipinski definition) is 0. The summed E-state index contributed by atoms with van der Waals surface area (Å²) >= 11 is 5.22. The van der Waals surface area contributed by atoms with E-state index in [1.54, 1.807) is 11.1 Å². The van der Waals surface area contributed by atoms with E-state index in [-0.39, 0.29) is 27.3 Å². The number of thioether (sulfide) groups is 1. The monoisotopic (exact) mass is 498 g/mol. The molecule has 0 N–H and O–H groups in total. The van der Waals surface area contributed by atoms with Gasteiger partial charge in [-0.3, -0.25) is 0 Å². The molecule has 5 rings (SSSR count). The summed E-state index contributed by atoms with van der Waals surface area (Å²) in [6, 6.07) is 15.8. The van der Waals surface area contributed by atoms with E-state index in [1.165, 1.54) is 20.5 Å². The SMILES string of the molecule is BrC1=Cc2c3cccc2[CH]1[Zr+2][C]1(C=Cc2ccccc21)S3.[Cl-].[Cl-]. The Labute approximate surface area is 172 Å². The van der Waals surface area contributed by atoms with Crippen molar-refractivity contribution in [2.24, 2.45) is 0 Å². The first kappa shape index (κ1) is 18.0. The number of hydrogen-bond acceptors (Lipinski definition) is 1. The second-order valence-corrected chi connectivity index (χ2v) is 12.8. The summed E-state index contributed by atoms with van der Waals surface area (Å²) in [4.78, 5) is 1.45. The summed E-state index contributed by atoms with van der Waals surface area (Å²) < 4.78 is 2.33. The zero-order valence-corrected chi connectivity index (χ0v) is 18.3. The Balaban J connectivity index is 0.000000781. The molecule has 0 fully saturated rings. The standard InChI is InChI=1S/C18H11BrS.2ClH.Zr/c19-14-10-13-5-3-7-17(16(13)11-14)20-18-9-8-12-4-1-2-6-15(12)18;;;/h1-11H;2*1H;/q;;;+2/p-2. The van der Waals surface area contributed by atoms with Crippen molar-refractivity contribution in [1.82, 2.24) is 0 Å². The Morgan fingerprint density at radius 3 is 2.74 bits per heavy atom. The second-order valence-electron chi connectivity index (χ2n) is 5.62. The molecule has 0 aromatic heterocycles. The van der Waals surface area contributed by atoms with Gasteiger partial charge in [-0.25, -0.2) is 0 Å². The van der Waals surface area contributed by atoms with E-state index in [2.05, 4.69) is 88.4 Å². The molecule has 2 atom stereocenters. The third kappa shape index (κ3) is 2.59. The number of fused-ring (bicyclic) bond motifs is 2. The fourth-order valence-corrected chi connectivity index (χ4v) is 11.8. The van der Waals surface area contributed by atoms with Crippen LogP contribution in [0.2, 0.25) is 0 Å². The van der Waals surface area contributed by atoms with Gasteiger partial charge in [-0.15, -0.1) is 0 Å². The van der Waals surface area contributed by atoms with Crippen LogP contribution in [0.25, 0.3) is 12.2 Å². The Morgan fingerprint density at radius 2 is 1.87 bits per heavy atom. The van der Waals surface area contributed by atoms with E-state index in [0.29, 0.717) is 3.63 Å². The van der Waals surface area contributed by atoms with Crippen molar-refractivity contribution in [1.29, 1.82) is 0 Å². The van der Waals surface area contributed by atoms with Crippen molar-refractivity contribution in [3.63, 3.8) is 0 Å². The molecule has 1 heterocycles. The van der Waals surface area contributed by atoms with Crippen LogP contribution in [0.5, 0.6) is 0 Å². The molecule has 0 saturated heterocycles. The van der Waals surface area contributed by atoms with Crippen LogP contribution in [0.3, 0.4) is 0 Å². The van der Waals surface area contributed by atoms with Gasteiger partial charge < -0.3 is 24.8 Å². The van der Waals surface area contributed by atoms with Crippen molar-refractivity contribution in [2.75, 3.05) is 0 Å². The number of benzene rings is 2. The zero-order chi connectivity index (χ0) is 14.0. The van der Waals surface area contributed by atoms with Gasteiger partial charge >= 0.3 is 149 Å². The van der Waals surface area contributed by atoms with E-state index in [9.17, 15) is 0 Å². The van der Waals surface area contributed by atoms with Gasteiger partial charge in [0.1, 0.15) is 0 Å². The molecule has 1 spiro atoms. The Bertz CT molecular complexity index is 849. The first-order chi connectivity index (χ1) is 10.3. The van der Waals surface area contributed by atoms with Crippen molar-refractivity contribution in [2.45, 2.75) is 11.0 Å². The molecule has 4 bridgehead atoms.